The highest BCUT2D eigenvalue weighted by Gasteiger charge is 2.16. The van der Waals surface area contributed by atoms with Gasteiger partial charge < -0.3 is 10.6 Å². The maximum atomic E-state index is 5.47. The zero-order valence-electron chi connectivity index (χ0n) is 5.29. The number of hydrogen-bond donors (Lipinski definition) is 1. The van der Waals surface area contributed by atoms with E-state index in [9.17, 15) is 0 Å². The Balaban J connectivity index is 2.67. The number of thiocarbonyl (C=S) groups is 1. The van der Waals surface area contributed by atoms with Crippen LogP contribution < -0.4 is 5.73 Å². The fourth-order valence-corrected chi connectivity index (χ4v) is 1.07. The summed E-state index contributed by atoms with van der Waals surface area (Å²) in [4.78, 5) is 6.61. The molecule has 2 N–H and O–H groups in total. The third kappa shape index (κ3) is 1.03. The van der Waals surface area contributed by atoms with E-state index in [0.717, 1.165) is 11.5 Å². The number of guanidine groups is 1. The van der Waals surface area contributed by atoms with E-state index in [0.29, 0.717) is 12.5 Å². The molecule has 1 rings (SSSR count). The summed E-state index contributed by atoms with van der Waals surface area (Å²) in [5.41, 5.74) is 5.47. The van der Waals surface area contributed by atoms with E-state index in [1.165, 1.54) is 0 Å². The predicted octanol–water partition coefficient (Wildman–Crippen LogP) is -0.0360. The minimum atomic E-state index is 0.558. The van der Waals surface area contributed by atoms with Gasteiger partial charge in [-0.3, -0.25) is 0 Å². The van der Waals surface area contributed by atoms with Crippen LogP contribution in [0.25, 0.3) is 0 Å². The van der Waals surface area contributed by atoms with Crippen molar-refractivity contribution in [2.75, 3.05) is 13.1 Å². The lowest BCUT2D eigenvalue weighted by Crippen LogP contribution is -2.36. The van der Waals surface area contributed by atoms with Crippen LogP contribution in [0.4, 0.5) is 0 Å². The molecule has 0 aromatic heterocycles. The molecule has 0 spiro atoms. The average Bonchev–Trinajstić information content (AvgIpc) is 2.12. The van der Waals surface area contributed by atoms with Crippen molar-refractivity contribution in [1.82, 2.24) is 4.90 Å². The standard InChI is InChI=1S/C5H9N3S/c1-2-8-4(9)3-7-5(8)6/h2-3H2,1H3,(H2,6,7). The summed E-state index contributed by atoms with van der Waals surface area (Å²) in [6.07, 6.45) is 0. The van der Waals surface area contributed by atoms with E-state index >= 15 is 0 Å². The van der Waals surface area contributed by atoms with E-state index in [1.807, 2.05) is 11.8 Å². The van der Waals surface area contributed by atoms with Crippen LogP contribution >= 0.6 is 12.2 Å². The Bertz CT molecular complexity index is 164. The molecule has 0 saturated heterocycles. The Morgan fingerprint density at radius 1 is 1.89 bits per heavy atom. The molecule has 0 amide bonds. The topological polar surface area (TPSA) is 41.6 Å². The maximum absolute atomic E-state index is 5.47. The van der Waals surface area contributed by atoms with Crippen molar-refractivity contribution in [3.8, 4) is 0 Å². The Morgan fingerprint density at radius 2 is 2.56 bits per heavy atom. The lowest BCUT2D eigenvalue weighted by atomic mass is 10.5. The van der Waals surface area contributed by atoms with Crippen LogP contribution in [0.3, 0.4) is 0 Å². The van der Waals surface area contributed by atoms with E-state index in [2.05, 4.69) is 4.99 Å². The van der Waals surface area contributed by atoms with Gasteiger partial charge in [-0.2, -0.15) is 0 Å². The van der Waals surface area contributed by atoms with Crippen LogP contribution in [0.5, 0.6) is 0 Å². The summed E-state index contributed by atoms with van der Waals surface area (Å²) in [7, 11) is 0. The third-order valence-corrected chi connectivity index (χ3v) is 1.62. The number of hydrogen-bond acceptors (Lipinski definition) is 3. The molecule has 0 bridgehead atoms. The zero-order valence-corrected chi connectivity index (χ0v) is 6.11. The monoisotopic (exact) mass is 143 g/mol. The molecule has 0 saturated carbocycles. The predicted molar refractivity (Wildman–Crippen MR) is 41.5 cm³/mol. The minimum absolute atomic E-state index is 0.558. The second-order valence-electron chi connectivity index (χ2n) is 1.81. The Kier molecular flexibility index (Phi) is 1.66. The molecule has 0 atom stereocenters. The van der Waals surface area contributed by atoms with Gasteiger partial charge in [0.15, 0.2) is 5.96 Å². The van der Waals surface area contributed by atoms with Crippen LogP contribution in [-0.4, -0.2) is 28.9 Å². The first-order valence-electron chi connectivity index (χ1n) is 2.86. The highest BCUT2D eigenvalue weighted by Crippen LogP contribution is 1.99. The molecule has 50 valence electrons. The van der Waals surface area contributed by atoms with Gasteiger partial charge >= 0.3 is 0 Å². The largest absolute Gasteiger partial charge is 0.369 e. The molecule has 9 heavy (non-hydrogen) atoms. The molecular weight excluding hydrogens is 134 g/mol. The molecule has 0 aromatic carbocycles. The van der Waals surface area contributed by atoms with Crippen molar-refractivity contribution < 1.29 is 0 Å². The van der Waals surface area contributed by atoms with Crippen LogP contribution in [-0.2, 0) is 0 Å². The van der Waals surface area contributed by atoms with E-state index in [4.69, 9.17) is 18.0 Å². The summed E-state index contributed by atoms with van der Waals surface area (Å²) in [6.45, 7) is 3.42. The number of likely N-dealkylation sites (N-methyl/N-ethyl adjacent to an activating group) is 1. The highest BCUT2D eigenvalue weighted by atomic mass is 32.1. The molecule has 1 heterocycles. The molecule has 0 aromatic rings. The lowest BCUT2D eigenvalue weighted by molar-refractivity contribution is 0.660. The smallest absolute Gasteiger partial charge is 0.196 e. The number of nitrogens with zero attached hydrogens (tertiary/aromatic N) is 2. The van der Waals surface area contributed by atoms with Gasteiger partial charge in [-0.25, -0.2) is 4.99 Å². The molecule has 4 heteroatoms. The van der Waals surface area contributed by atoms with Crippen molar-refractivity contribution in [1.29, 1.82) is 0 Å². The normalized spacial score (nSPS) is 18.6. The summed E-state index contributed by atoms with van der Waals surface area (Å²) >= 11 is 4.95. The number of rotatable bonds is 1. The highest BCUT2D eigenvalue weighted by molar-refractivity contribution is 7.80. The first kappa shape index (κ1) is 6.48. The summed E-state index contributed by atoms with van der Waals surface area (Å²) in [5.74, 6) is 0.558. The molecule has 1 aliphatic heterocycles. The Hall–Kier alpha value is -0.640. The first-order valence-corrected chi connectivity index (χ1v) is 3.26. The summed E-state index contributed by atoms with van der Waals surface area (Å²) < 4.78 is 0. The molecule has 0 aliphatic carbocycles. The number of aliphatic imine (C=N–C) groups is 1. The number of nitrogens with two attached hydrogens (primary N) is 1. The van der Waals surface area contributed by atoms with Crippen LogP contribution in [0.15, 0.2) is 4.99 Å². The van der Waals surface area contributed by atoms with Gasteiger partial charge in [0, 0.05) is 6.54 Å². The van der Waals surface area contributed by atoms with Crippen molar-refractivity contribution in [3.05, 3.63) is 0 Å². The van der Waals surface area contributed by atoms with Crippen LogP contribution in [0, 0.1) is 0 Å². The van der Waals surface area contributed by atoms with Gasteiger partial charge in [-0.15, -0.1) is 0 Å². The molecule has 0 fully saturated rings. The van der Waals surface area contributed by atoms with E-state index < -0.39 is 0 Å². The molecule has 0 unspecified atom stereocenters. The first-order chi connectivity index (χ1) is 4.25. The van der Waals surface area contributed by atoms with Crippen molar-refractivity contribution in [2.24, 2.45) is 10.7 Å². The van der Waals surface area contributed by atoms with Crippen LogP contribution in [0.2, 0.25) is 0 Å². The molecule has 0 radical (unpaired) electrons. The fraction of sp³-hybridized carbons (Fsp3) is 0.600. The van der Waals surface area contributed by atoms with E-state index in [1.54, 1.807) is 0 Å². The fourth-order valence-electron chi connectivity index (χ4n) is 0.785. The van der Waals surface area contributed by atoms with Crippen LogP contribution in [0.1, 0.15) is 6.92 Å². The van der Waals surface area contributed by atoms with Gasteiger partial charge in [0.2, 0.25) is 0 Å². The second kappa shape index (κ2) is 2.31. The Labute approximate surface area is 59.5 Å². The van der Waals surface area contributed by atoms with Gasteiger partial charge in [0.1, 0.15) is 4.99 Å². The third-order valence-electron chi connectivity index (χ3n) is 1.27. The summed E-state index contributed by atoms with van der Waals surface area (Å²) in [5, 5.41) is 0. The quantitative estimate of drug-likeness (QED) is 0.524. The summed E-state index contributed by atoms with van der Waals surface area (Å²) in [6, 6.07) is 0. The van der Waals surface area contributed by atoms with Crippen molar-refractivity contribution >= 4 is 23.2 Å². The Morgan fingerprint density at radius 3 is 2.78 bits per heavy atom. The van der Waals surface area contributed by atoms with Gasteiger partial charge in [0.25, 0.3) is 0 Å². The van der Waals surface area contributed by atoms with Gasteiger partial charge in [-0.1, -0.05) is 12.2 Å². The SMILES string of the molecule is CCN1C(=S)CN=C1N. The molecule has 3 nitrogen and oxygen atoms in total. The molecule has 1 aliphatic rings. The van der Waals surface area contributed by atoms with Gasteiger partial charge in [-0.05, 0) is 6.92 Å². The lowest BCUT2D eigenvalue weighted by Gasteiger charge is -2.13. The van der Waals surface area contributed by atoms with Crippen molar-refractivity contribution in [3.63, 3.8) is 0 Å². The zero-order chi connectivity index (χ0) is 6.85. The minimum Gasteiger partial charge on any atom is -0.369 e. The maximum Gasteiger partial charge on any atom is 0.196 e. The molecular formula is C5H9N3S. The van der Waals surface area contributed by atoms with E-state index in [-0.39, 0.29) is 0 Å². The van der Waals surface area contributed by atoms with Crippen molar-refractivity contribution in [2.45, 2.75) is 6.92 Å². The van der Waals surface area contributed by atoms with Gasteiger partial charge in [0.05, 0.1) is 6.54 Å². The average molecular weight is 143 g/mol. The second-order valence-corrected chi connectivity index (χ2v) is 2.28.